The van der Waals surface area contributed by atoms with E-state index in [1.807, 2.05) is 0 Å². The van der Waals surface area contributed by atoms with Gasteiger partial charge >= 0.3 is 17.9 Å². The van der Waals surface area contributed by atoms with Gasteiger partial charge in [0.05, 0.1) is 12.5 Å². The van der Waals surface area contributed by atoms with Gasteiger partial charge in [-0.15, -0.1) is 0 Å². The van der Waals surface area contributed by atoms with E-state index in [4.69, 9.17) is 21.1 Å². The molecule has 1 heterocycles. The summed E-state index contributed by atoms with van der Waals surface area (Å²) in [5.74, 6) is -6.15. The van der Waals surface area contributed by atoms with Crippen LogP contribution in [0.4, 0.5) is 0 Å². The van der Waals surface area contributed by atoms with Crippen molar-refractivity contribution in [3.05, 3.63) is 0 Å². The van der Waals surface area contributed by atoms with Crippen LogP contribution in [0.3, 0.4) is 0 Å². The van der Waals surface area contributed by atoms with Crippen molar-refractivity contribution in [1.82, 2.24) is 15.5 Å². The fraction of sp³-hybridized carbons (Fsp3) is 0.700. The summed E-state index contributed by atoms with van der Waals surface area (Å²) in [7, 11) is 0. The van der Waals surface area contributed by atoms with Crippen LogP contribution in [0.1, 0.15) is 52.4 Å². The smallest absolute Gasteiger partial charge is 0.326 e. The molecule has 0 aromatic carbocycles. The van der Waals surface area contributed by atoms with E-state index in [2.05, 4.69) is 10.6 Å². The number of carboxylic acids is 3. The first kappa shape index (κ1) is 27.8. The summed E-state index contributed by atoms with van der Waals surface area (Å²) in [5.41, 5.74) is 5.79. The van der Waals surface area contributed by atoms with Crippen LogP contribution in [0.5, 0.6) is 0 Å². The lowest BCUT2D eigenvalue weighted by Crippen LogP contribution is -2.57. The quantitative estimate of drug-likeness (QED) is 0.187. The molecule has 0 aromatic rings. The molecule has 7 N–H and O–H groups in total. The second-order valence-electron chi connectivity index (χ2n) is 8.42. The predicted molar refractivity (Wildman–Crippen MR) is 113 cm³/mol. The zero-order valence-electron chi connectivity index (χ0n) is 18.7. The first-order chi connectivity index (χ1) is 15.3. The maximum atomic E-state index is 12.9. The molecule has 0 saturated carbocycles. The van der Waals surface area contributed by atoms with E-state index in [1.54, 1.807) is 13.8 Å². The van der Waals surface area contributed by atoms with Crippen molar-refractivity contribution in [3.8, 4) is 0 Å². The van der Waals surface area contributed by atoms with Gasteiger partial charge in [0.25, 0.3) is 0 Å². The second-order valence-corrected chi connectivity index (χ2v) is 8.42. The van der Waals surface area contributed by atoms with Gasteiger partial charge in [-0.3, -0.25) is 24.0 Å². The molecule has 186 valence electrons. The number of nitrogens with one attached hydrogen (secondary N) is 2. The summed E-state index contributed by atoms with van der Waals surface area (Å²) in [6, 6.07) is -4.81. The summed E-state index contributed by atoms with van der Waals surface area (Å²) in [6.45, 7) is 3.81. The van der Waals surface area contributed by atoms with Crippen molar-refractivity contribution in [2.75, 3.05) is 6.54 Å². The molecule has 0 aliphatic carbocycles. The highest BCUT2D eigenvalue weighted by Gasteiger charge is 2.38. The molecule has 1 saturated heterocycles. The third-order valence-corrected chi connectivity index (χ3v) is 5.16. The van der Waals surface area contributed by atoms with Gasteiger partial charge < -0.3 is 36.6 Å². The minimum atomic E-state index is -1.67. The van der Waals surface area contributed by atoms with Crippen LogP contribution in [-0.2, 0) is 28.8 Å². The number of likely N-dealkylation sites (tertiary alicyclic amines) is 1. The zero-order valence-corrected chi connectivity index (χ0v) is 18.7. The van der Waals surface area contributed by atoms with Crippen LogP contribution in [-0.4, -0.2) is 86.6 Å². The molecule has 4 atom stereocenters. The lowest BCUT2D eigenvalue weighted by molar-refractivity contribution is -0.147. The Morgan fingerprint density at radius 2 is 1.64 bits per heavy atom. The van der Waals surface area contributed by atoms with Crippen LogP contribution in [0.15, 0.2) is 0 Å². The Hall–Kier alpha value is -3.22. The van der Waals surface area contributed by atoms with Crippen LogP contribution < -0.4 is 16.4 Å². The average molecular weight is 472 g/mol. The van der Waals surface area contributed by atoms with Crippen LogP contribution >= 0.6 is 0 Å². The molecule has 0 aromatic heterocycles. The first-order valence-electron chi connectivity index (χ1n) is 10.7. The molecule has 1 aliphatic heterocycles. The van der Waals surface area contributed by atoms with Gasteiger partial charge in [0.15, 0.2) is 0 Å². The molecular formula is C20H32N4O9. The molecule has 1 aliphatic rings. The monoisotopic (exact) mass is 472 g/mol. The normalized spacial score (nSPS) is 18.3. The second kappa shape index (κ2) is 12.7. The van der Waals surface area contributed by atoms with Gasteiger partial charge in [0, 0.05) is 13.0 Å². The molecule has 1 fully saturated rings. The number of carbonyl (C=O) groups is 6. The SMILES string of the molecule is CC(C)CC(NC(=O)C1CCCN1C(=O)C(N)CCC(=O)O)C(=O)NC(CC(=O)O)C(=O)O. The molecule has 4 unspecified atom stereocenters. The number of hydrogen-bond acceptors (Lipinski definition) is 7. The number of hydrogen-bond donors (Lipinski definition) is 6. The Morgan fingerprint density at radius 1 is 1.00 bits per heavy atom. The zero-order chi connectivity index (χ0) is 25.3. The standard InChI is InChI=1S/C20H32N4O9/c1-10(2)8-12(17(29)23-13(20(32)33)9-16(27)28)22-18(30)14-4-3-7-24(14)19(31)11(21)5-6-15(25)26/h10-14H,3-9,21H2,1-2H3,(H,22,30)(H,23,29)(H,25,26)(H,27,28)(H,32,33). The largest absolute Gasteiger partial charge is 0.481 e. The third-order valence-electron chi connectivity index (χ3n) is 5.16. The number of nitrogens with zero attached hydrogens (tertiary/aromatic N) is 1. The summed E-state index contributed by atoms with van der Waals surface area (Å²) in [4.78, 5) is 72.3. The highest BCUT2D eigenvalue weighted by atomic mass is 16.4. The molecule has 0 bridgehead atoms. The number of nitrogens with two attached hydrogens (primary N) is 1. The molecular weight excluding hydrogens is 440 g/mol. The minimum Gasteiger partial charge on any atom is -0.481 e. The highest BCUT2D eigenvalue weighted by molar-refractivity contribution is 5.95. The predicted octanol–water partition coefficient (Wildman–Crippen LogP) is -1.26. The third kappa shape index (κ3) is 9.04. The topological polar surface area (TPSA) is 216 Å². The van der Waals surface area contributed by atoms with E-state index in [0.29, 0.717) is 12.8 Å². The van der Waals surface area contributed by atoms with E-state index in [0.717, 1.165) is 0 Å². The minimum absolute atomic E-state index is 0.0745. The number of amides is 3. The van der Waals surface area contributed by atoms with Gasteiger partial charge in [0.1, 0.15) is 18.1 Å². The lowest BCUT2D eigenvalue weighted by Gasteiger charge is -2.29. The number of carbonyl (C=O) groups excluding carboxylic acids is 3. The Morgan fingerprint density at radius 3 is 2.15 bits per heavy atom. The Kier molecular flexibility index (Phi) is 10.7. The summed E-state index contributed by atoms with van der Waals surface area (Å²) >= 11 is 0. The number of rotatable bonds is 13. The van der Waals surface area contributed by atoms with Gasteiger partial charge in [-0.25, -0.2) is 4.79 Å². The van der Waals surface area contributed by atoms with Crippen LogP contribution in [0.25, 0.3) is 0 Å². The number of carboxylic acid groups (broad SMARTS) is 3. The van der Waals surface area contributed by atoms with Crippen molar-refractivity contribution in [1.29, 1.82) is 0 Å². The van der Waals surface area contributed by atoms with Crippen molar-refractivity contribution >= 4 is 35.6 Å². The maximum Gasteiger partial charge on any atom is 0.326 e. The van der Waals surface area contributed by atoms with Gasteiger partial charge in [-0.1, -0.05) is 13.8 Å². The van der Waals surface area contributed by atoms with E-state index in [-0.39, 0.29) is 31.7 Å². The average Bonchev–Trinajstić information content (AvgIpc) is 3.19. The molecule has 3 amide bonds. The van der Waals surface area contributed by atoms with Crippen LogP contribution in [0, 0.1) is 5.92 Å². The van der Waals surface area contributed by atoms with E-state index in [9.17, 15) is 28.8 Å². The lowest BCUT2D eigenvalue weighted by atomic mass is 10.0. The molecule has 33 heavy (non-hydrogen) atoms. The fourth-order valence-corrected chi connectivity index (χ4v) is 3.54. The summed E-state index contributed by atoms with van der Waals surface area (Å²) in [5, 5.41) is 31.5. The molecule has 13 heteroatoms. The molecule has 0 radical (unpaired) electrons. The molecule has 1 rings (SSSR count). The fourth-order valence-electron chi connectivity index (χ4n) is 3.54. The van der Waals surface area contributed by atoms with Crippen molar-refractivity contribution < 1.29 is 44.1 Å². The first-order valence-corrected chi connectivity index (χ1v) is 10.7. The van der Waals surface area contributed by atoms with Gasteiger partial charge in [-0.2, -0.15) is 0 Å². The number of aliphatic carboxylic acids is 3. The van der Waals surface area contributed by atoms with Gasteiger partial charge in [-0.05, 0) is 31.6 Å². The molecule has 0 spiro atoms. The molecule has 13 nitrogen and oxygen atoms in total. The Labute approximate surface area is 190 Å². The summed E-state index contributed by atoms with van der Waals surface area (Å²) in [6.07, 6.45) is -0.239. The van der Waals surface area contributed by atoms with Crippen molar-refractivity contribution in [2.45, 2.75) is 76.5 Å². The van der Waals surface area contributed by atoms with E-state index >= 15 is 0 Å². The van der Waals surface area contributed by atoms with Crippen LogP contribution in [0.2, 0.25) is 0 Å². The Bertz CT molecular complexity index is 771. The van der Waals surface area contributed by atoms with Gasteiger partial charge in [0.2, 0.25) is 17.7 Å². The summed E-state index contributed by atoms with van der Waals surface area (Å²) < 4.78 is 0. The van der Waals surface area contributed by atoms with E-state index in [1.165, 1.54) is 4.90 Å². The Balaban J connectivity index is 2.90. The highest BCUT2D eigenvalue weighted by Crippen LogP contribution is 2.20. The van der Waals surface area contributed by atoms with Crippen molar-refractivity contribution in [2.24, 2.45) is 11.7 Å². The van der Waals surface area contributed by atoms with Crippen molar-refractivity contribution in [3.63, 3.8) is 0 Å². The maximum absolute atomic E-state index is 12.9. The van der Waals surface area contributed by atoms with E-state index < -0.39 is 66.2 Å².